The molecule has 2 bridgehead atoms. The van der Waals surface area contributed by atoms with Gasteiger partial charge >= 0.3 is 13.4 Å². The number of hydrogen-bond acceptors (Lipinski definition) is 16. The highest BCUT2D eigenvalue weighted by Gasteiger charge is 2.53. The van der Waals surface area contributed by atoms with Crippen molar-refractivity contribution in [3.8, 4) is 0 Å². The van der Waals surface area contributed by atoms with E-state index in [1.165, 1.54) is 28.1 Å². The number of nitrogens with zero attached hydrogens (tertiary/aromatic N) is 7. The Balaban J connectivity index is 1.22. The van der Waals surface area contributed by atoms with E-state index in [0.29, 0.717) is 5.82 Å². The number of ether oxygens (including phenoxy) is 2. The quantitative estimate of drug-likeness (QED) is 0.172. The number of aromatic nitrogens is 8. The minimum Gasteiger partial charge on any atom is -0.396 e. The summed E-state index contributed by atoms with van der Waals surface area (Å²) in [5, 5.41) is 10.4. The van der Waals surface area contributed by atoms with Crippen molar-refractivity contribution >= 4 is 65.2 Å². The van der Waals surface area contributed by atoms with Crippen LogP contribution in [0, 0.1) is 12.8 Å². The molecule has 10 unspecified atom stereocenters. The molecule has 3 aliphatic heterocycles. The minimum absolute atomic E-state index is 0.00104. The molecule has 46 heavy (non-hydrogen) atoms. The second kappa shape index (κ2) is 11.9. The van der Waals surface area contributed by atoms with Crippen molar-refractivity contribution in [3.05, 3.63) is 35.2 Å². The molecular formula is C22H26FN9O10P2S2. The molecule has 0 aromatic carbocycles. The van der Waals surface area contributed by atoms with E-state index in [9.17, 15) is 19.7 Å². The van der Waals surface area contributed by atoms with Gasteiger partial charge in [0.15, 0.2) is 41.3 Å². The van der Waals surface area contributed by atoms with Gasteiger partial charge in [-0.1, -0.05) is 0 Å². The van der Waals surface area contributed by atoms with Gasteiger partial charge < -0.3 is 48.7 Å². The third kappa shape index (κ3) is 5.70. The zero-order valence-corrected chi connectivity index (χ0v) is 26.9. The number of hydrogen-bond donors (Lipinski definition) is 5. The summed E-state index contributed by atoms with van der Waals surface area (Å²) in [6.07, 6.45) is -5.97. The number of aliphatic hydroxyl groups excluding tert-OH is 1. The lowest BCUT2D eigenvalue weighted by molar-refractivity contribution is -0.0599. The maximum Gasteiger partial charge on any atom is 0.325 e. The van der Waals surface area contributed by atoms with Gasteiger partial charge in [0.2, 0.25) is 0 Å². The van der Waals surface area contributed by atoms with E-state index in [-0.39, 0.29) is 28.1 Å². The van der Waals surface area contributed by atoms with E-state index in [2.05, 4.69) is 29.9 Å². The predicted octanol–water partition coefficient (Wildman–Crippen LogP) is -0.158. The molecule has 19 nitrogen and oxygen atoms in total. The van der Waals surface area contributed by atoms with Crippen LogP contribution in [-0.4, -0.2) is 104 Å². The fourth-order valence-electron chi connectivity index (χ4n) is 5.68. The standard InChI is InChI=1S/C22H26FN9O10P2S2/c1-8-29-19-14(20(34)30-8)28-7-32(19)22-15-9(2-33)10(39-22)3-37-44(36,46)42-16-11(4-38-43(35,45)41-15)40-21(12(16)23)31-6-27-13-17(24)25-5-26-18(13)31/h5-7,9-12,15-16,21-22,33H,2-4H2,1H3,(H,35,45)(H,36,46)(H2,24,25,26)(H,29,30,34). The Morgan fingerprint density at radius 2 is 1.61 bits per heavy atom. The average molecular weight is 722 g/mol. The van der Waals surface area contributed by atoms with Crippen molar-refractivity contribution in [3.63, 3.8) is 0 Å². The summed E-state index contributed by atoms with van der Waals surface area (Å²) in [4.78, 5) is 57.9. The Hall–Kier alpha value is -2.43. The minimum atomic E-state index is -4.22. The lowest BCUT2D eigenvalue weighted by Gasteiger charge is -2.28. The molecule has 0 radical (unpaired) electrons. The summed E-state index contributed by atoms with van der Waals surface area (Å²) in [6, 6.07) is 0. The topological polar surface area (TPSA) is 249 Å². The third-order valence-corrected chi connectivity index (χ3v) is 10.9. The van der Waals surface area contributed by atoms with Crippen molar-refractivity contribution in [1.29, 1.82) is 0 Å². The lowest BCUT2D eigenvalue weighted by atomic mass is 9.99. The molecule has 10 atom stereocenters. The first-order chi connectivity index (χ1) is 21.9. The second-order valence-electron chi connectivity index (χ2n) is 10.6. The number of alkyl halides is 1. The Kier molecular flexibility index (Phi) is 8.32. The summed E-state index contributed by atoms with van der Waals surface area (Å²) >= 11 is 10.6. The first-order valence-corrected chi connectivity index (χ1v) is 18.8. The van der Waals surface area contributed by atoms with Gasteiger partial charge in [0.25, 0.3) is 5.56 Å². The Labute approximate surface area is 267 Å². The van der Waals surface area contributed by atoms with Gasteiger partial charge in [-0.25, -0.2) is 29.3 Å². The Bertz CT molecular complexity index is 1970. The van der Waals surface area contributed by atoms with E-state index in [1.54, 1.807) is 6.92 Å². The first-order valence-electron chi connectivity index (χ1n) is 13.6. The fraction of sp³-hybridized carbons (Fsp3) is 0.545. The van der Waals surface area contributed by atoms with Crippen LogP contribution in [0.2, 0.25) is 0 Å². The van der Waals surface area contributed by atoms with Crippen molar-refractivity contribution < 1.29 is 46.9 Å². The molecule has 248 valence electrons. The number of aryl methyl sites for hydroxylation is 1. The molecule has 0 amide bonds. The molecule has 7 rings (SSSR count). The van der Waals surface area contributed by atoms with Gasteiger partial charge in [-0.05, 0) is 30.5 Å². The summed E-state index contributed by atoms with van der Waals surface area (Å²) in [6.45, 7) is -8.45. The van der Waals surface area contributed by atoms with Crippen LogP contribution in [0.5, 0.6) is 0 Å². The monoisotopic (exact) mass is 721 g/mol. The van der Waals surface area contributed by atoms with Crippen molar-refractivity contribution in [1.82, 2.24) is 39.0 Å². The van der Waals surface area contributed by atoms with Crippen LogP contribution in [0.25, 0.3) is 22.3 Å². The molecule has 3 aliphatic rings. The third-order valence-electron chi connectivity index (χ3n) is 7.77. The molecular weight excluding hydrogens is 695 g/mol. The van der Waals surface area contributed by atoms with Crippen molar-refractivity contribution in [2.45, 2.75) is 50.0 Å². The summed E-state index contributed by atoms with van der Waals surface area (Å²) in [5.74, 6) is -0.578. The molecule has 0 saturated carbocycles. The highest BCUT2D eigenvalue weighted by Crippen LogP contribution is 2.55. The highest BCUT2D eigenvalue weighted by molar-refractivity contribution is 8.07. The largest absolute Gasteiger partial charge is 0.396 e. The van der Waals surface area contributed by atoms with E-state index in [1.807, 2.05) is 0 Å². The van der Waals surface area contributed by atoms with E-state index < -0.39 is 87.8 Å². The van der Waals surface area contributed by atoms with Crippen LogP contribution < -0.4 is 11.3 Å². The van der Waals surface area contributed by atoms with E-state index in [0.717, 1.165) is 0 Å². The molecule has 7 heterocycles. The van der Waals surface area contributed by atoms with Crippen LogP contribution in [0.1, 0.15) is 18.3 Å². The smallest absolute Gasteiger partial charge is 0.325 e. The number of rotatable bonds is 3. The zero-order chi connectivity index (χ0) is 32.5. The SMILES string of the molecule is Cc1nc2c(ncn2C2OC3COP(O)(=S)OC4C(COP(O)(=S)OC2C3CO)OC(n2cnc3c(N)ncnc32)C4F)c(=O)[nH]1. The number of nitrogens with two attached hydrogens (primary N) is 1. The van der Waals surface area contributed by atoms with Gasteiger partial charge in [0.1, 0.15) is 36.0 Å². The number of aromatic amines is 1. The molecule has 6 N–H and O–H groups in total. The highest BCUT2D eigenvalue weighted by atomic mass is 32.5. The number of halogens is 1. The summed E-state index contributed by atoms with van der Waals surface area (Å²) in [7, 11) is 0. The number of nitrogens with one attached hydrogen (secondary N) is 1. The van der Waals surface area contributed by atoms with Gasteiger partial charge in [0, 0.05) is 5.92 Å². The van der Waals surface area contributed by atoms with Crippen LogP contribution in [0.3, 0.4) is 0 Å². The number of nitrogen functional groups attached to an aromatic ring is 1. The predicted molar refractivity (Wildman–Crippen MR) is 161 cm³/mol. The molecule has 0 aliphatic carbocycles. The van der Waals surface area contributed by atoms with Crippen LogP contribution >= 0.6 is 13.4 Å². The Morgan fingerprint density at radius 3 is 2.33 bits per heavy atom. The number of fused-ring (bicyclic) bond motifs is 5. The van der Waals surface area contributed by atoms with Crippen LogP contribution in [0.4, 0.5) is 10.2 Å². The lowest BCUT2D eigenvalue weighted by Crippen LogP contribution is -2.34. The van der Waals surface area contributed by atoms with Gasteiger partial charge in [-0.2, -0.15) is 0 Å². The van der Waals surface area contributed by atoms with Gasteiger partial charge in [-0.15, -0.1) is 0 Å². The molecule has 4 aromatic heterocycles. The second-order valence-corrected chi connectivity index (χ2v) is 16.2. The molecule has 0 spiro atoms. The maximum atomic E-state index is 16.1. The number of anilines is 1. The summed E-state index contributed by atoms with van der Waals surface area (Å²) < 4.78 is 53.6. The van der Waals surface area contributed by atoms with Crippen molar-refractivity contribution in [2.75, 3.05) is 25.6 Å². The fourth-order valence-corrected chi connectivity index (χ4v) is 8.56. The van der Waals surface area contributed by atoms with Gasteiger partial charge in [-0.3, -0.25) is 18.5 Å². The van der Waals surface area contributed by atoms with E-state index >= 15 is 4.39 Å². The van der Waals surface area contributed by atoms with Crippen molar-refractivity contribution in [2.24, 2.45) is 5.92 Å². The number of H-pyrrole nitrogens is 1. The summed E-state index contributed by atoms with van der Waals surface area (Å²) in [5.41, 5.74) is 5.87. The number of imidazole rings is 2. The average Bonchev–Trinajstić information content (AvgIpc) is 3.75. The molecule has 3 fully saturated rings. The van der Waals surface area contributed by atoms with Crippen LogP contribution in [0.15, 0.2) is 23.8 Å². The van der Waals surface area contributed by atoms with E-state index in [4.69, 9.17) is 56.9 Å². The first kappa shape index (κ1) is 32.1. The zero-order valence-electron chi connectivity index (χ0n) is 23.5. The Morgan fingerprint density at radius 1 is 0.978 bits per heavy atom. The maximum absolute atomic E-state index is 16.1. The van der Waals surface area contributed by atoms with Crippen LogP contribution in [-0.2, 0) is 51.2 Å². The molecule has 4 aromatic rings. The molecule has 3 saturated heterocycles. The molecule has 24 heteroatoms. The normalized spacial score (nSPS) is 37.2. The van der Waals surface area contributed by atoms with Gasteiger partial charge in [0.05, 0.1) is 38.6 Å². The number of aliphatic hydroxyl groups is 1.